The molecule has 0 rings (SSSR count). The molecule has 0 saturated carbocycles. The lowest BCUT2D eigenvalue weighted by molar-refractivity contribution is -0.137. The number of aliphatic carboxylic acids is 1. The summed E-state index contributed by atoms with van der Waals surface area (Å²) in [6.45, 7) is 5.92. The van der Waals surface area contributed by atoms with Crippen molar-refractivity contribution in [3.05, 3.63) is 0 Å². The number of amides is 3. The van der Waals surface area contributed by atoms with Gasteiger partial charge in [0, 0.05) is 18.9 Å². The Hall–Kier alpha value is -1.59. The molecule has 0 aliphatic heterocycles. The number of rotatable bonds is 7. The molecule has 0 aromatic rings. The van der Waals surface area contributed by atoms with Crippen molar-refractivity contribution >= 4 is 17.9 Å². The fraction of sp³-hybridized carbons (Fsp3) is 0.750. The average Bonchev–Trinajstić information content (AvgIpc) is 2.26. The molecule has 0 bridgehead atoms. The first kappa shape index (κ1) is 16.4. The Morgan fingerprint density at radius 3 is 2.28 bits per heavy atom. The van der Waals surface area contributed by atoms with Gasteiger partial charge in [-0.15, -0.1) is 0 Å². The minimum Gasteiger partial charge on any atom is -0.481 e. The fourth-order valence-corrected chi connectivity index (χ4v) is 1.33. The van der Waals surface area contributed by atoms with Gasteiger partial charge in [-0.25, -0.2) is 4.79 Å². The molecule has 0 fully saturated rings. The van der Waals surface area contributed by atoms with E-state index in [-0.39, 0.29) is 25.3 Å². The lowest BCUT2D eigenvalue weighted by atomic mass is 10.0. The zero-order valence-electron chi connectivity index (χ0n) is 11.2. The molecule has 18 heavy (non-hydrogen) atoms. The Balaban J connectivity index is 3.87. The van der Waals surface area contributed by atoms with Crippen LogP contribution in [-0.4, -0.2) is 29.1 Å². The second-order valence-electron chi connectivity index (χ2n) is 4.44. The predicted molar refractivity (Wildman–Crippen MR) is 67.1 cm³/mol. The van der Waals surface area contributed by atoms with E-state index in [0.717, 1.165) is 6.42 Å². The van der Waals surface area contributed by atoms with E-state index in [0.29, 0.717) is 5.92 Å². The van der Waals surface area contributed by atoms with Crippen molar-refractivity contribution in [2.45, 2.75) is 52.5 Å². The molecule has 6 nitrogen and oxygen atoms in total. The molecule has 0 aliphatic rings. The summed E-state index contributed by atoms with van der Waals surface area (Å²) < 4.78 is 0. The number of imide groups is 1. The Morgan fingerprint density at radius 1 is 1.17 bits per heavy atom. The molecule has 0 aromatic carbocycles. The van der Waals surface area contributed by atoms with Crippen LogP contribution in [0.25, 0.3) is 0 Å². The van der Waals surface area contributed by atoms with Gasteiger partial charge < -0.3 is 10.4 Å². The van der Waals surface area contributed by atoms with Crippen molar-refractivity contribution in [3.8, 4) is 0 Å². The van der Waals surface area contributed by atoms with Gasteiger partial charge in [-0.05, 0) is 19.3 Å². The first-order valence-electron chi connectivity index (χ1n) is 6.19. The van der Waals surface area contributed by atoms with Gasteiger partial charge in [-0.2, -0.15) is 0 Å². The van der Waals surface area contributed by atoms with Crippen LogP contribution in [0.1, 0.15) is 46.5 Å². The largest absolute Gasteiger partial charge is 0.481 e. The molecule has 104 valence electrons. The van der Waals surface area contributed by atoms with Gasteiger partial charge in [0.05, 0.1) is 0 Å². The van der Waals surface area contributed by atoms with Crippen LogP contribution >= 0.6 is 0 Å². The fourth-order valence-electron chi connectivity index (χ4n) is 1.33. The molecule has 0 aliphatic carbocycles. The molecule has 6 heteroatoms. The standard InChI is InChI=1S/C12H22N2O4/c1-4-8(2)9(3)13-12(18)14-10(15)6-5-7-11(16)17/h8-9H,4-7H2,1-3H3,(H,16,17)(H2,13,14,15,18). The van der Waals surface area contributed by atoms with Crippen LogP contribution in [0.15, 0.2) is 0 Å². The van der Waals surface area contributed by atoms with Crippen molar-refractivity contribution in [2.24, 2.45) is 5.92 Å². The molecule has 0 spiro atoms. The van der Waals surface area contributed by atoms with Crippen LogP contribution in [0.5, 0.6) is 0 Å². The molecule has 0 saturated heterocycles. The Bertz CT molecular complexity index is 304. The number of hydrogen-bond acceptors (Lipinski definition) is 3. The van der Waals surface area contributed by atoms with Crippen LogP contribution in [0.3, 0.4) is 0 Å². The van der Waals surface area contributed by atoms with Gasteiger partial charge in [-0.3, -0.25) is 14.9 Å². The molecular weight excluding hydrogens is 236 g/mol. The highest BCUT2D eigenvalue weighted by Gasteiger charge is 2.14. The number of carboxylic acid groups (broad SMARTS) is 1. The lowest BCUT2D eigenvalue weighted by Gasteiger charge is -2.19. The van der Waals surface area contributed by atoms with E-state index in [1.165, 1.54) is 0 Å². The number of hydrogen-bond donors (Lipinski definition) is 3. The maximum Gasteiger partial charge on any atom is 0.321 e. The van der Waals surface area contributed by atoms with Crippen LogP contribution in [-0.2, 0) is 9.59 Å². The van der Waals surface area contributed by atoms with Crippen molar-refractivity contribution in [1.29, 1.82) is 0 Å². The van der Waals surface area contributed by atoms with Crippen molar-refractivity contribution < 1.29 is 19.5 Å². The maximum atomic E-state index is 11.4. The molecule has 3 N–H and O–H groups in total. The number of nitrogens with one attached hydrogen (secondary N) is 2. The Morgan fingerprint density at radius 2 is 1.78 bits per heavy atom. The summed E-state index contributed by atoms with van der Waals surface area (Å²) in [6, 6.07) is -0.537. The highest BCUT2D eigenvalue weighted by atomic mass is 16.4. The second kappa shape index (κ2) is 8.49. The summed E-state index contributed by atoms with van der Waals surface area (Å²) in [5.41, 5.74) is 0. The van der Waals surface area contributed by atoms with Crippen LogP contribution < -0.4 is 10.6 Å². The second-order valence-corrected chi connectivity index (χ2v) is 4.44. The molecule has 3 amide bonds. The summed E-state index contributed by atoms with van der Waals surface area (Å²) in [7, 11) is 0. The van der Waals surface area contributed by atoms with Crippen LogP contribution in [0, 0.1) is 5.92 Å². The first-order valence-corrected chi connectivity index (χ1v) is 6.19. The summed E-state index contributed by atoms with van der Waals surface area (Å²) >= 11 is 0. The smallest absolute Gasteiger partial charge is 0.321 e. The zero-order chi connectivity index (χ0) is 14.1. The first-order chi connectivity index (χ1) is 8.36. The van der Waals surface area contributed by atoms with Gasteiger partial charge in [-0.1, -0.05) is 20.3 Å². The molecule has 0 heterocycles. The van der Waals surface area contributed by atoms with E-state index in [1.54, 1.807) is 0 Å². The van der Waals surface area contributed by atoms with E-state index in [4.69, 9.17) is 5.11 Å². The Kier molecular flexibility index (Phi) is 7.74. The van der Waals surface area contributed by atoms with Gasteiger partial charge in [0.15, 0.2) is 0 Å². The monoisotopic (exact) mass is 258 g/mol. The molecular formula is C12H22N2O4. The third kappa shape index (κ3) is 7.65. The number of carboxylic acids is 1. The highest BCUT2D eigenvalue weighted by molar-refractivity contribution is 5.94. The Labute approximate surface area is 107 Å². The average molecular weight is 258 g/mol. The van der Waals surface area contributed by atoms with Gasteiger partial charge in [0.25, 0.3) is 0 Å². The number of urea groups is 1. The van der Waals surface area contributed by atoms with Crippen molar-refractivity contribution in [1.82, 2.24) is 10.6 Å². The van der Waals surface area contributed by atoms with Gasteiger partial charge in [0.2, 0.25) is 5.91 Å². The topological polar surface area (TPSA) is 95.5 Å². The molecule has 0 radical (unpaired) electrons. The number of carbonyl (C=O) groups excluding carboxylic acids is 2. The predicted octanol–water partition coefficient (Wildman–Crippen LogP) is 1.50. The normalized spacial score (nSPS) is 13.5. The maximum absolute atomic E-state index is 11.4. The lowest BCUT2D eigenvalue weighted by Crippen LogP contribution is -2.45. The van der Waals surface area contributed by atoms with Gasteiger partial charge >= 0.3 is 12.0 Å². The molecule has 2 atom stereocenters. The van der Waals surface area contributed by atoms with E-state index in [9.17, 15) is 14.4 Å². The summed E-state index contributed by atoms with van der Waals surface area (Å²) in [5, 5.41) is 13.3. The van der Waals surface area contributed by atoms with Crippen molar-refractivity contribution in [2.75, 3.05) is 0 Å². The van der Waals surface area contributed by atoms with E-state index in [2.05, 4.69) is 10.6 Å². The minimum absolute atomic E-state index is 0.0122. The van der Waals surface area contributed by atoms with E-state index >= 15 is 0 Å². The minimum atomic E-state index is -0.947. The highest BCUT2D eigenvalue weighted by Crippen LogP contribution is 2.06. The quantitative estimate of drug-likeness (QED) is 0.645. The zero-order valence-corrected chi connectivity index (χ0v) is 11.2. The summed E-state index contributed by atoms with van der Waals surface area (Å²) in [6.07, 6.45) is 1.14. The van der Waals surface area contributed by atoms with Crippen LogP contribution in [0.2, 0.25) is 0 Å². The van der Waals surface area contributed by atoms with E-state index < -0.39 is 17.9 Å². The molecule has 0 aromatic heterocycles. The SMILES string of the molecule is CCC(C)C(C)NC(=O)NC(=O)CCCC(=O)O. The third-order valence-electron chi connectivity index (χ3n) is 2.90. The molecule has 2 unspecified atom stereocenters. The van der Waals surface area contributed by atoms with Crippen LogP contribution in [0.4, 0.5) is 4.79 Å². The van der Waals surface area contributed by atoms with Crippen molar-refractivity contribution in [3.63, 3.8) is 0 Å². The number of carbonyl (C=O) groups is 3. The van der Waals surface area contributed by atoms with E-state index in [1.807, 2.05) is 20.8 Å². The summed E-state index contributed by atoms with van der Waals surface area (Å²) in [4.78, 5) is 33.0. The van der Waals surface area contributed by atoms with Gasteiger partial charge in [0.1, 0.15) is 0 Å². The third-order valence-corrected chi connectivity index (χ3v) is 2.90. The summed E-state index contributed by atoms with van der Waals surface area (Å²) in [5.74, 6) is -1.07.